The van der Waals surface area contributed by atoms with Gasteiger partial charge in [-0.05, 0) is 19.1 Å². The lowest BCUT2D eigenvalue weighted by Gasteiger charge is -2.00. The highest BCUT2D eigenvalue weighted by molar-refractivity contribution is 5.99. The molecule has 1 aromatic heterocycles. The molecule has 3 aromatic rings. The molecule has 0 atom stereocenters. The molecule has 0 saturated carbocycles. The number of aryl methyl sites for hydroxylation is 1. The van der Waals surface area contributed by atoms with Gasteiger partial charge < -0.3 is 5.11 Å². The number of rotatable bonds is 5. The van der Waals surface area contributed by atoms with E-state index < -0.39 is 11.9 Å². The Labute approximate surface area is 149 Å². The number of nitrogens with zero attached hydrogens (tertiary/aromatic N) is 2. The fourth-order valence-electron chi connectivity index (χ4n) is 2.34. The van der Waals surface area contributed by atoms with Gasteiger partial charge in [0.2, 0.25) is 0 Å². The lowest BCUT2D eigenvalue weighted by Crippen LogP contribution is -2.18. The number of nitrogens with one attached hydrogen (secondary N) is 2. The zero-order valence-electron chi connectivity index (χ0n) is 13.9. The predicted molar refractivity (Wildman–Crippen MR) is 97.2 cm³/mol. The summed E-state index contributed by atoms with van der Waals surface area (Å²) in [6.45, 7) is 1.99. The maximum atomic E-state index is 12.1. The summed E-state index contributed by atoms with van der Waals surface area (Å²) >= 11 is 0. The smallest absolute Gasteiger partial charge is 0.336 e. The van der Waals surface area contributed by atoms with Crippen molar-refractivity contribution < 1.29 is 14.7 Å². The number of benzene rings is 2. The summed E-state index contributed by atoms with van der Waals surface area (Å²) in [4.78, 5) is 23.3. The molecule has 0 spiro atoms. The van der Waals surface area contributed by atoms with Crippen LogP contribution in [0.1, 0.15) is 32.0 Å². The van der Waals surface area contributed by atoms with E-state index in [4.69, 9.17) is 5.11 Å². The number of carbonyl (C=O) groups is 2. The number of carboxylic acid groups (broad SMARTS) is 1. The van der Waals surface area contributed by atoms with Gasteiger partial charge in [-0.25, -0.2) is 10.2 Å². The topological polar surface area (TPSA) is 107 Å². The normalized spacial score (nSPS) is 10.8. The molecule has 0 aliphatic heterocycles. The Kier molecular flexibility index (Phi) is 4.89. The van der Waals surface area contributed by atoms with E-state index in [0.717, 1.165) is 11.1 Å². The van der Waals surface area contributed by atoms with Gasteiger partial charge in [0, 0.05) is 11.1 Å². The Hall–Kier alpha value is -3.74. The average Bonchev–Trinajstić information content (AvgIpc) is 3.13. The summed E-state index contributed by atoms with van der Waals surface area (Å²) in [5, 5.41) is 19.7. The van der Waals surface area contributed by atoms with Crippen LogP contribution in [0.2, 0.25) is 0 Å². The van der Waals surface area contributed by atoms with Gasteiger partial charge in [-0.3, -0.25) is 9.89 Å². The Morgan fingerprint density at radius 2 is 1.88 bits per heavy atom. The molecule has 2 aromatic carbocycles. The van der Waals surface area contributed by atoms with E-state index in [1.54, 1.807) is 24.3 Å². The molecular formula is C19H16N4O3. The van der Waals surface area contributed by atoms with Crippen molar-refractivity contribution in [2.24, 2.45) is 5.10 Å². The number of aromatic nitrogens is 2. The number of hydrogen-bond donors (Lipinski definition) is 3. The van der Waals surface area contributed by atoms with Crippen molar-refractivity contribution in [2.75, 3.05) is 0 Å². The summed E-state index contributed by atoms with van der Waals surface area (Å²) < 4.78 is 0. The van der Waals surface area contributed by atoms with Crippen LogP contribution in [0.5, 0.6) is 0 Å². The monoisotopic (exact) mass is 348 g/mol. The lowest BCUT2D eigenvalue weighted by atomic mass is 10.1. The summed E-state index contributed by atoms with van der Waals surface area (Å²) in [6, 6.07) is 15.8. The molecule has 3 N–H and O–H groups in total. The first-order chi connectivity index (χ1) is 12.5. The first-order valence-electron chi connectivity index (χ1n) is 7.83. The van der Waals surface area contributed by atoms with E-state index in [-0.39, 0.29) is 11.3 Å². The fraction of sp³-hybridized carbons (Fsp3) is 0.0526. The molecule has 0 fully saturated rings. The quantitative estimate of drug-likeness (QED) is 0.487. The second-order valence-corrected chi connectivity index (χ2v) is 5.62. The van der Waals surface area contributed by atoms with Gasteiger partial charge in [0.15, 0.2) is 0 Å². The minimum atomic E-state index is -1.06. The molecule has 1 heterocycles. The molecule has 0 bridgehead atoms. The molecule has 3 rings (SSSR count). The second-order valence-electron chi connectivity index (χ2n) is 5.62. The molecular weight excluding hydrogens is 332 g/mol. The summed E-state index contributed by atoms with van der Waals surface area (Å²) in [5.41, 5.74) is 5.79. The van der Waals surface area contributed by atoms with E-state index >= 15 is 0 Å². The van der Waals surface area contributed by atoms with Crippen LogP contribution in [0.25, 0.3) is 11.3 Å². The van der Waals surface area contributed by atoms with Crippen LogP contribution in [0, 0.1) is 6.92 Å². The Balaban J connectivity index is 1.70. The van der Waals surface area contributed by atoms with Crippen LogP contribution < -0.4 is 5.43 Å². The molecule has 0 aliphatic rings. The van der Waals surface area contributed by atoms with Crippen molar-refractivity contribution in [2.45, 2.75) is 6.92 Å². The van der Waals surface area contributed by atoms with Crippen LogP contribution in [0.15, 0.2) is 59.7 Å². The number of amides is 1. The molecule has 0 unspecified atom stereocenters. The average molecular weight is 348 g/mol. The largest absolute Gasteiger partial charge is 0.478 e. The van der Waals surface area contributed by atoms with Gasteiger partial charge >= 0.3 is 5.97 Å². The molecule has 0 saturated heterocycles. The van der Waals surface area contributed by atoms with Crippen LogP contribution in [-0.4, -0.2) is 33.4 Å². The van der Waals surface area contributed by atoms with Crippen molar-refractivity contribution in [3.05, 3.63) is 77.0 Å². The van der Waals surface area contributed by atoms with Gasteiger partial charge in [-0.15, -0.1) is 0 Å². The molecule has 0 radical (unpaired) electrons. The van der Waals surface area contributed by atoms with E-state index in [9.17, 15) is 9.59 Å². The third-order valence-corrected chi connectivity index (χ3v) is 3.73. The minimum absolute atomic E-state index is 0.105. The number of carboxylic acids is 1. The lowest BCUT2D eigenvalue weighted by molar-refractivity contribution is 0.0696. The summed E-state index contributed by atoms with van der Waals surface area (Å²) in [5.74, 6) is -1.53. The van der Waals surface area contributed by atoms with Crippen molar-refractivity contribution in [3.63, 3.8) is 0 Å². The molecule has 1 amide bonds. The number of carbonyl (C=O) groups excluding carboxylic acids is 1. The van der Waals surface area contributed by atoms with E-state index in [1.807, 2.05) is 31.2 Å². The first kappa shape index (κ1) is 17.1. The Morgan fingerprint density at radius 3 is 2.62 bits per heavy atom. The van der Waals surface area contributed by atoms with E-state index in [1.165, 1.54) is 12.3 Å². The number of hydrogen-bond acceptors (Lipinski definition) is 4. The Morgan fingerprint density at radius 1 is 1.15 bits per heavy atom. The van der Waals surface area contributed by atoms with Crippen molar-refractivity contribution >= 4 is 18.1 Å². The maximum Gasteiger partial charge on any atom is 0.336 e. The third-order valence-electron chi connectivity index (χ3n) is 3.73. The van der Waals surface area contributed by atoms with Crippen molar-refractivity contribution in [1.82, 2.24) is 15.6 Å². The molecule has 7 heteroatoms. The van der Waals surface area contributed by atoms with Gasteiger partial charge in [0.25, 0.3) is 5.91 Å². The van der Waals surface area contributed by atoms with Crippen molar-refractivity contribution in [1.29, 1.82) is 0 Å². The third kappa shape index (κ3) is 3.84. The van der Waals surface area contributed by atoms with Gasteiger partial charge in [0.05, 0.1) is 17.5 Å². The highest BCUT2D eigenvalue weighted by atomic mass is 16.4. The summed E-state index contributed by atoms with van der Waals surface area (Å²) in [6.07, 6.45) is 1.29. The molecule has 26 heavy (non-hydrogen) atoms. The van der Waals surface area contributed by atoms with Crippen LogP contribution in [0.4, 0.5) is 0 Å². The zero-order valence-corrected chi connectivity index (χ0v) is 13.9. The maximum absolute atomic E-state index is 12.1. The molecule has 130 valence electrons. The number of aromatic amines is 1. The van der Waals surface area contributed by atoms with Gasteiger partial charge in [0.1, 0.15) is 5.69 Å². The first-order valence-corrected chi connectivity index (χ1v) is 7.83. The highest BCUT2D eigenvalue weighted by Crippen LogP contribution is 2.18. The van der Waals surface area contributed by atoms with E-state index in [2.05, 4.69) is 20.7 Å². The number of H-pyrrole nitrogens is 1. The summed E-state index contributed by atoms with van der Waals surface area (Å²) in [7, 11) is 0. The van der Waals surface area contributed by atoms with Gasteiger partial charge in [-0.2, -0.15) is 10.2 Å². The number of hydrazone groups is 1. The van der Waals surface area contributed by atoms with Crippen LogP contribution in [-0.2, 0) is 0 Å². The standard InChI is InChI=1S/C19H16N4O3/c1-12-6-8-13(9-7-12)16-10-17(22-21-16)18(24)23-20-11-14-4-2-3-5-15(14)19(25)26/h2-11H,1H3,(H,21,22)(H,23,24)(H,25,26)/b20-11+. The SMILES string of the molecule is Cc1ccc(-c2cc(C(=O)N/N=C/c3ccccc3C(=O)O)[nH]n2)cc1. The highest BCUT2D eigenvalue weighted by Gasteiger charge is 2.11. The van der Waals surface area contributed by atoms with Crippen LogP contribution in [0.3, 0.4) is 0 Å². The van der Waals surface area contributed by atoms with Crippen molar-refractivity contribution in [3.8, 4) is 11.3 Å². The molecule has 7 nitrogen and oxygen atoms in total. The second kappa shape index (κ2) is 7.43. The van der Waals surface area contributed by atoms with E-state index in [0.29, 0.717) is 11.3 Å². The fourth-order valence-corrected chi connectivity index (χ4v) is 2.34. The Bertz CT molecular complexity index is 974. The minimum Gasteiger partial charge on any atom is -0.478 e. The van der Waals surface area contributed by atoms with Gasteiger partial charge in [-0.1, -0.05) is 48.0 Å². The zero-order chi connectivity index (χ0) is 18.5. The number of aromatic carboxylic acids is 1. The van der Waals surface area contributed by atoms with Crippen LogP contribution >= 0.6 is 0 Å². The molecule has 0 aliphatic carbocycles. The predicted octanol–water partition coefficient (Wildman–Crippen LogP) is 2.85.